The van der Waals surface area contributed by atoms with Gasteiger partial charge >= 0.3 is 6.18 Å². The maximum atomic E-state index is 13.6. The van der Waals surface area contributed by atoms with Crippen molar-refractivity contribution in [3.05, 3.63) is 29.6 Å². The van der Waals surface area contributed by atoms with Gasteiger partial charge in [0.1, 0.15) is 5.82 Å². The minimum absolute atomic E-state index is 0. The average molecular weight is 285 g/mol. The van der Waals surface area contributed by atoms with Crippen molar-refractivity contribution in [2.24, 2.45) is 0 Å². The Morgan fingerprint density at radius 3 is 2.22 bits per heavy atom. The standard InChI is InChI=1S/C11H12F4N2.ClH/c12-9-7-8(11(13,14)15)1-2-10(9)17-5-3-16-4-6-17;/h1-2,7,16H,3-6H2;1H. The van der Waals surface area contributed by atoms with E-state index in [9.17, 15) is 17.6 Å². The highest BCUT2D eigenvalue weighted by atomic mass is 35.5. The fourth-order valence-corrected chi connectivity index (χ4v) is 1.85. The third-order valence-corrected chi connectivity index (χ3v) is 2.73. The van der Waals surface area contributed by atoms with Crippen LogP contribution in [0.1, 0.15) is 5.56 Å². The first kappa shape index (κ1) is 15.0. The van der Waals surface area contributed by atoms with Gasteiger partial charge < -0.3 is 10.2 Å². The summed E-state index contributed by atoms with van der Waals surface area (Å²) in [4.78, 5) is 1.74. The molecule has 0 amide bonds. The van der Waals surface area contributed by atoms with Gasteiger partial charge in [0.05, 0.1) is 11.3 Å². The monoisotopic (exact) mass is 284 g/mol. The number of nitrogens with one attached hydrogen (secondary N) is 1. The number of nitrogens with zero attached hydrogens (tertiary/aromatic N) is 1. The summed E-state index contributed by atoms with van der Waals surface area (Å²) in [5, 5.41) is 3.10. The largest absolute Gasteiger partial charge is 0.416 e. The molecular formula is C11H13ClF4N2. The van der Waals surface area contributed by atoms with E-state index >= 15 is 0 Å². The van der Waals surface area contributed by atoms with Crippen LogP contribution in [0.25, 0.3) is 0 Å². The van der Waals surface area contributed by atoms with E-state index < -0.39 is 17.6 Å². The summed E-state index contributed by atoms with van der Waals surface area (Å²) in [7, 11) is 0. The van der Waals surface area contributed by atoms with Gasteiger partial charge in [0.25, 0.3) is 0 Å². The van der Waals surface area contributed by atoms with Gasteiger partial charge in [0.15, 0.2) is 0 Å². The van der Waals surface area contributed by atoms with Crippen molar-refractivity contribution in [1.29, 1.82) is 0 Å². The first-order chi connectivity index (χ1) is 7.98. The van der Waals surface area contributed by atoms with Gasteiger partial charge in [-0.15, -0.1) is 12.4 Å². The first-order valence-electron chi connectivity index (χ1n) is 5.31. The van der Waals surface area contributed by atoms with Crippen LogP contribution in [0.3, 0.4) is 0 Å². The summed E-state index contributed by atoms with van der Waals surface area (Å²) >= 11 is 0. The van der Waals surface area contributed by atoms with Crippen molar-refractivity contribution in [2.45, 2.75) is 6.18 Å². The Balaban J connectivity index is 0.00000162. The molecule has 0 bridgehead atoms. The molecular weight excluding hydrogens is 272 g/mol. The number of alkyl halides is 3. The van der Waals surface area contributed by atoms with Crippen LogP contribution in [0, 0.1) is 5.82 Å². The minimum atomic E-state index is -4.50. The zero-order chi connectivity index (χ0) is 12.5. The summed E-state index contributed by atoms with van der Waals surface area (Å²) in [6.07, 6.45) is -4.50. The van der Waals surface area contributed by atoms with Crippen LogP contribution in [0.4, 0.5) is 23.2 Å². The SMILES string of the molecule is Cl.Fc1cc(C(F)(F)F)ccc1N1CCNCC1. The Kier molecular flexibility index (Phi) is 4.81. The van der Waals surface area contributed by atoms with E-state index in [0.717, 1.165) is 6.07 Å². The van der Waals surface area contributed by atoms with Crippen molar-refractivity contribution in [3.8, 4) is 0 Å². The number of piperazine rings is 1. The molecule has 1 aliphatic heterocycles. The van der Waals surface area contributed by atoms with Gasteiger partial charge in [0, 0.05) is 26.2 Å². The van der Waals surface area contributed by atoms with Crippen molar-refractivity contribution in [3.63, 3.8) is 0 Å². The van der Waals surface area contributed by atoms with Crippen molar-refractivity contribution in [2.75, 3.05) is 31.1 Å². The van der Waals surface area contributed by atoms with Crippen molar-refractivity contribution >= 4 is 18.1 Å². The van der Waals surface area contributed by atoms with Gasteiger partial charge in [-0.1, -0.05) is 0 Å². The Morgan fingerprint density at radius 1 is 1.11 bits per heavy atom. The van der Waals surface area contributed by atoms with Gasteiger partial charge in [-0.25, -0.2) is 4.39 Å². The highest BCUT2D eigenvalue weighted by Crippen LogP contribution is 2.32. The molecule has 1 heterocycles. The highest BCUT2D eigenvalue weighted by molar-refractivity contribution is 5.85. The zero-order valence-electron chi connectivity index (χ0n) is 9.43. The Labute approximate surface area is 108 Å². The smallest absolute Gasteiger partial charge is 0.367 e. The molecule has 0 aliphatic carbocycles. The summed E-state index contributed by atoms with van der Waals surface area (Å²) in [6.45, 7) is 2.62. The lowest BCUT2D eigenvalue weighted by Gasteiger charge is -2.29. The molecule has 0 unspecified atom stereocenters. The molecule has 7 heteroatoms. The van der Waals surface area contributed by atoms with Crippen LogP contribution in [0.2, 0.25) is 0 Å². The van der Waals surface area contributed by atoms with E-state index in [1.54, 1.807) is 4.90 Å². The topological polar surface area (TPSA) is 15.3 Å². The second-order valence-corrected chi connectivity index (χ2v) is 3.90. The van der Waals surface area contributed by atoms with Crippen molar-refractivity contribution in [1.82, 2.24) is 5.32 Å². The molecule has 0 radical (unpaired) electrons. The third-order valence-electron chi connectivity index (χ3n) is 2.73. The molecule has 0 spiro atoms. The lowest BCUT2D eigenvalue weighted by Crippen LogP contribution is -2.43. The van der Waals surface area contributed by atoms with Gasteiger partial charge in [-0.05, 0) is 18.2 Å². The van der Waals surface area contributed by atoms with E-state index in [2.05, 4.69) is 5.32 Å². The minimum Gasteiger partial charge on any atom is -0.367 e. The number of rotatable bonds is 1. The maximum Gasteiger partial charge on any atom is 0.416 e. The predicted molar refractivity (Wildman–Crippen MR) is 63.7 cm³/mol. The predicted octanol–water partition coefficient (Wildman–Crippen LogP) is 2.68. The summed E-state index contributed by atoms with van der Waals surface area (Å²) < 4.78 is 50.7. The zero-order valence-corrected chi connectivity index (χ0v) is 10.2. The number of anilines is 1. The van der Waals surface area contributed by atoms with Crippen LogP contribution >= 0.6 is 12.4 Å². The molecule has 1 aliphatic rings. The average Bonchev–Trinajstić information content (AvgIpc) is 2.29. The number of hydrogen-bond acceptors (Lipinski definition) is 2. The Bertz CT molecular complexity index is 403. The molecule has 0 atom stereocenters. The van der Waals surface area contributed by atoms with Crippen LogP contribution in [-0.4, -0.2) is 26.2 Å². The van der Waals surface area contributed by atoms with Gasteiger partial charge in [-0.2, -0.15) is 13.2 Å². The van der Waals surface area contributed by atoms with Crippen LogP contribution in [0.5, 0.6) is 0 Å². The van der Waals surface area contributed by atoms with Crippen LogP contribution in [-0.2, 0) is 6.18 Å². The van der Waals surface area contributed by atoms with E-state index in [1.165, 1.54) is 6.07 Å². The van der Waals surface area contributed by atoms with E-state index in [4.69, 9.17) is 0 Å². The van der Waals surface area contributed by atoms with Crippen LogP contribution in [0.15, 0.2) is 18.2 Å². The molecule has 1 N–H and O–H groups in total. The van der Waals surface area contributed by atoms with Gasteiger partial charge in [0.2, 0.25) is 0 Å². The van der Waals surface area contributed by atoms with Crippen molar-refractivity contribution < 1.29 is 17.6 Å². The fourth-order valence-electron chi connectivity index (χ4n) is 1.85. The first-order valence-corrected chi connectivity index (χ1v) is 5.31. The highest BCUT2D eigenvalue weighted by Gasteiger charge is 2.31. The second kappa shape index (κ2) is 5.75. The number of benzene rings is 1. The molecule has 1 fully saturated rings. The summed E-state index contributed by atoms with van der Waals surface area (Å²) in [6, 6.07) is 2.67. The van der Waals surface area contributed by atoms with E-state index in [0.29, 0.717) is 32.2 Å². The summed E-state index contributed by atoms with van der Waals surface area (Å²) in [5.74, 6) is -0.818. The second-order valence-electron chi connectivity index (χ2n) is 3.90. The van der Waals surface area contributed by atoms with Gasteiger partial charge in [-0.3, -0.25) is 0 Å². The molecule has 102 valence electrons. The Morgan fingerprint density at radius 2 is 1.72 bits per heavy atom. The van der Waals surface area contributed by atoms with E-state index in [1.807, 2.05) is 0 Å². The fraction of sp³-hybridized carbons (Fsp3) is 0.455. The molecule has 2 rings (SSSR count). The van der Waals surface area contributed by atoms with E-state index in [-0.39, 0.29) is 18.1 Å². The Hall–Kier alpha value is -1.01. The molecule has 2 nitrogen and oxygen atoms in total. The lowest BCUT2D eigenvalue weighted by atomic mass is 10.1. The molecule has 1 aromatic rings. The molecule has 1 saturated heterocycles. The number of halogens is 5. The lowest BCUT2D eigenvalue weighted by molar-refractivity contribution is -0.137. The van der Waals surface area contributed by atoms with Crippen LogP contribution < -0.4 is 10.2 Å². The quantitative estimate of drug-likeness (QED) is 0.798. The maximum absolute atomic E-state index is 13.6. The normalized spacial score (nSPS) is 16.3. The summed E-state index contributed by atoms with van der Waals surface area (Å²) in [5.41, 5.74) is -0.714. The number of hydrogen-bond donors (Lipinski definition) is 1. The molecule has 18 heavy (non-hydrogen) atoms. The molecule has 0 saturated carbocycles. The third kappa shape index (κ3) is 3.26. The molecule has 0 aromatic heterocycles. The molecule has 1 aromatic carbocycles.